The number of carbonyl (C=O) groups excluding carboxylic acids is 1. The first kappa shape index (κ1) is 15.9. The van der Waals surface area contributed by atoms with Gasteiger partial charge < -0.3 is 14.7 Å². The van der Waals surface area contributed by atoms with Crippen molar-refractivity contribution in [3.8, 4) is 5.75 Å². The fraction of sp³-hybridized carbons (Fsp3) is 0.429. The average Bonchev–Trinajstić information content (AvgIpc) is 2.43. The summed E-state index contributed by atoms with van der Waals surface area (Å²) in [4.78, 5) is 24.3. The lowest BCUT2D eigenvalue weighted by Crippen LogP contribution is -2.42. The molecule has 0 fully saturated rings. The largest absolute Gasteiger partial charge is 0.494 e. The topological polar surface area (TPSA) is 66.8 Å². The zero-order valence-electron chi connectivity index (χ0n) is 11.7. The van der Waals surface area contributed by atoms with Gasteiger partial charge in [0.05, 0.1) is 12.7 Å². The van der Waals surface area contributed by atoms with Crippen LogP contribution >= 0.6 is 0 Å². The molecule has 1 aromatic carbocycles. The minimum atomic E-state index is -1.14. The van der Waals surface area contributed by atoms with Crippen LogP contribution < -0.4 is 4.74 Å². The van der Waals surface area contributed by atoms with Crippen LogP contribution in [0.2, 0.25) is 0 Å². The molecule has 0 spiro atoms. The Kier molecular flexibility index (Phi) is 5.49. The van der Waals surface area contributed by atoms with Gasteiger partial charge in [-0.3, -0.25) is 9.59 Å². The Morgan fingerprint density at radius 3 is 2.60 bits per heavy atom. The summed E-state index contributed by atoms with van der Waals surface area (Å²) >= 11 is 0. The Labute approximate surface area is 117 Å². The number of aliphatic carboxylic acids is 1. The van der Waals surface area contributed by atoms with Crippen LogP contribution in [0.1, 0.15) is 30.6 Å². The van der Waals surface area contributed by atoms with Crippen LogP contribution in [0, 0.1) is 5.82 Å². The number of carboxylic acid groups (broad SMARTS) is 1. The average molecular weight is 283 g/mol. The molecule has 1 atom stereocenters. The monoisotopic (exact) mass is 283 g/mol. The Morgan fingerprint density at radius 1 is 1.45 bits per heavy atom. The summed E-state index contributed by atoms with van der Waals surface area (Å²) in [7, 11) is 1.30. The van der Waals surface area contributed by atoms with Gasteiger partial charge in [-0.15, -0.1) is 0 Å². The van der Waals surface area contributed by atoms with E-state index in [-0.39, 0.29) is 17.4 Å². The summed E-state index contributed by atoms with van der Waals surface area (Å²) in [6.07, 6.45) is 0.574. The summed E-state index contributed by atoms with van der Waals surface area (Å²) in [5, 5.41) is 8.88. The molecule has 0 bridgehead atoms. The van der Waals surface area contributed by atoms with Crippen molar-refractivity contribution in [3.05, 3.63) is 29.6 Å². The fourth-order valence-electron chi connectivity index (χ4n) is 1.78. The smallest absolute Gasteiger partial charge is 0.323 e. The van der Waals surface area contributed by atoms with Crippen molar-refractivity contribution in [1.82, 2.24) is 4.90 Å². The number of hydrogen-bond acceptors (Lipinski definition) is 3. The third-order valence-corrected chi connectivity index (χ3v) is 3.10. The van der Waals surface area contributed by atoms with Gasteiger partial charge in [0.2, 0.25) is 0 Å². The second-order valence-electron chi connectivity index (χ2n) is 4.41. The molecule has 110 valence electrons. The maximum Gasteiger partial charge on any atom is 0.323 e. The lowest BCUT2D eigenvalue weighted by atomic mass is 10.1. The SMILES string of the molecule is CCC(C)N(CC(=O)O)C(=O)c1cccc(OC)c1F. The van der Waals surface area contributed by atoms with Gasteiger partial charge in [0, 0.05) is 6.04 Å². The molecule has 0 aliphatic carbocycles. The molecular formula is C14H18FNO4. The summed E-state index contributed by atoms with van der Waals surface area (Å²) in [5.41, 5.74) is -0.189. The first-order chi connectivity index (χ1) is 9.42. The molecule has 0 saturated heterocycles. The summed E-state index contributed by atoms with van der Waals surface area (Å²) in [6, 6.07) is 3.91. The Hall–Kier alpha value is -2.11. The van der Waals surface area contributed by atoms with E-state index < -0.39 is 24.2 Å². The zero-order chi connectivity index (χ0) is 15.3. The molecule has 0 saturated carbocycles. The van der Waals surface area contributed by atoms with E-state index in [1.807, 2.05) is 6.92 Å². The maximum atomic E-state index is 14.1. The van der Waals surface area contributed by atoms with E-state index >= 15 is 0 Å². The molecule has 1 unspecified atom stereocenters. The standard InChI is InChI=1S/C14H18FNO4/c1-4-9(2)16(8-12(17)18)14(19)10-6-5-7-11(20-3)13(10)15/h5-7,9H,4,8H2,1-3H3,(H,17,18). The van der Waals surface area contributed by atoms with Crippen molar-refractivity contribution in [3.63, 3.8) is 0 Å². The molecule has 1 N–H and O–H groups in total. The highest BCUT2D eigenvalue weighted by Crippen LogP contribution is 2.22. The molecule has 0 aromatic heterocycles. The number of amides is 1. The Morgan fingerprint density at radius 2 is 2.10 bits per heavy atom. The van der Waals surface area contributed by atoms with Crippen molar-refractivity contribution in [1.29, 1.82) is 0 Å². The molecule has 5 nitrogen and oxygen atoms in total. The highest BCUT2D eigenvalue weighted by Gasteiger charge is 2.26. The van der Waals surface area contributed by atoms with Gasteiger partial charge in [0.1, 0.15) is 6.54 Å². The zero-order valence-corrected chi connectivity index (χ0v) is 11.7. The normalized spacial score (nSPS) is 11.8. The van der Waals surface area contributed by atoms with Gasteiger partial charge >= 0.3 is 5.97 Å². The van der Waals surface area contributed by atoms with E-state index in [2.05, 4.69) is 0 Å². The van der Waals surface area contributed by atoms with Crippen LogP contribution in [0.25, 0.3) is 0 Å². The molecule has 0 aliphatic heterocycles. The second kappa shape index (κ2) is 6.88. The first-order valence-corrected chi connectivity index (χ1v) is 6.27. The number of halogens is 1. The quantitative estimate of drug-likeness (QED) is 0.868. The van der Waals surface area contributed by atoms with Gasteiger partial charge in [-0.2, -0.15) is 0 Å². The number of carboxylic acids is 1. The first-order valence-electron chi connectivity index (χ1n) is 6.27. The van der Waals surface area contributed by atoms with E-state index in [0.717, 1.165) is 4.90 Å². The lowest BCUT2D eigenvalue weighted by molar-refractivity contribution is -0.138. The second-order valence-corrected chi connectivity index (χ2v) is 4.41. The van der Waals surface area contributed by atoms with E-state index in [0.29, 0.717) is 6.42 Å². The van der Waals surface area contributed by atoms with Crippen LogP contribution in [-0.4, -0.2) is 41.6 Å². The van der Waals surface area contributed by atoms with Crippen molar-refractivity contribution in [2.24, 2.45) is 0 Å². The highest BCUT2D eigenvalue weighted by molar-refractivity contribution is 5.96. The van der Waals surface area contributed by atoms with E-state index in [1.165, 1.54) is 25.3 Å². The molecule has 0 aliphatic rings. The van der Waals surface area contributed by atoms with Crippen molar-refractivity contribution in [2.45, 2.75) is 26.3 Å². The van der Waals surface area contributed by atoms with Crippen LogP contribution in [0.5, 0.6) is 5.75 Å². The molecule has 1 rings (SSSR count). The third kappa shape index (κ3) is 3.46. The van der Waals surface area contributed by atoms with Crippen LogP contribution in [0.15, 0.2) is 18.2 Å². The fourth-order valence-corrected chi connectivity index (χ4v) is 1.78. The van der Waals surface area contributed by atoms with Gasteiger partial charge in [-0.25, -0.2) is 4.39 Å². The van der Waals surface area contributed by atoms with Gasteiger partial charge in [0.25, 0.3) is 5.91 Å². The number of carbonyl (C=O) groups is 2. The number of ether oxygens (including phenoxy) is 1. The number of nitrogens with zero attached hydrogens (tertiary/aromatic N) is 1. The minimum Gasteiger partial charge on any atom is -0.494 e. The summed E-state index contributed by atoms with van der Waals surface area (Å²) in [6.45, 7) is 3.08. The van der Waals surface area contributed by atoms with Crippen LogP contribution in [0.4, 0.5) is 4.39 Å². The maximum absolute atomic E-state index is 14.1. The van der Waals surface area contributed by atoms with Crippen LogP contribution in [0.3, 0.4) is 0 Å². The van der Waals surface area contributed by atoms with Crippen LogP contribution in [-0.2, 0) is 4.79 Å². The molecule has 6 heteroatoms. The minimum absolute atomic E-state index is 0.0460. The lowest BCUT2D eigenvalue weighted by Gasteiger charge is -2.27. The summed E-state index contributed by atoms with van der Waals surface area (Å²) < 4.78 is 18.9. The molecule has 1 aromatic rings. The number of benzene rings is 1. The highest BCUT2D eigenvalue weighted by atomic mass is 19.1. The Bertz CT molecular complexity index is 504. The van der Waals surface area contributed by atoms with Crippen molar-refractivity contribution >= 4 is 11.9 Å². The van der Waals surface area contributed by atoms with Gasteiger partial charge in [0.15, 0.2) is 11.6 Å². The number of methoxy groups -OCH3 is 1. The molecule has 1 amide bonds. The third-order valence-electron chi connectivity index (χ3n) is 3.10. The Balaban J connectivity index is 3.15. The number of rotatable bonds is 6. The van der Waals surface area contributed by atoms with Crippen molar-refractivity contribution in [2.75, 3.05) is 13.7 Å². The van der Waals surface area contributed by atoms with E-state index in [9.17, 15) is 14.0 Å². The van der Waals surface area contributed by atoms with Gasteiger partial charge in [-0.1, -0.05) is 13.0 Å². The predicted octanol–water partition coefficient (Wildman–Crippen LogP) is 2.16. The van der Waals surface area contributed by atoms with E-state index in [4.69, 9.17) is 9.84 Å². The predicted molar refractivity (Wildman–Crippen MR) is 71.4 cm³/mol. The van der Waals surface area contributed by atoms with Gasteiger partial charge in [-0.05, 0) is 25.5 Å². The molecule has 0 heterocycles. The molecule has 0 radical (unpaired) electrons. The summed E-state index contributed by atoms with van der Waals surface area (Å²) in [5.74, 6) is -2.62. The number of hydrogen-bond donors (Lipinski definition) is 1. The van der Waals surface area contributed by atoms with Crippen molar-refractivity contribution < 1.29 is 23.8 Å². The molecule has 20 heavy (non-hydrogen) atoms. The molecular weight excluding hydrogens is 265 g/mol. The van der Waals surface area contributed by atoms with E-state index in [1.54, 1.807) is 6.92 Å².